The fourth-order valence-corrected chi connectivity index (χ4v) is 2.46. The smallest absolute Gasteiger partial charge is 0.201 e. The Bertz CT molecular complexity index is 613. The van der Waals surface area contributed by atoms with E-state index in [-0.39, 0.29) is 5.78 Å². The summed E-state index contributed by atoms with van der Waals surface area (Å²) in [5.41, 5.74) is 1.12. The van der Waals surface area contributed by atoms with Crippen LogP contribution in [-0.4, -0.2) is 19.0 Å². The van der Waals surface area contributed by atoms with Crippen molar-refractivity contribution in [2.45, 2.75) is 13.8 Å². The molecule has 1 atom stereocenters. The molecule has 0 saturated carbocycles. The Hall–Kier alpha value is -1.86. The van der Waals surface area contributed by atoms with Crippen LogP contribution in [0.2, 0.25) is 0 Å². The van der Waals surface area contributed by atoms with Crippen molar-refractivity contribution >= 4 is 20.3 Å². The zero-order chi connectivity index (χ0) is 15.2. The summed E-state index contributed by atoms with van der Waals surface area (Å²) in [5, 5.41) is 0.858. The minimum atomic E-state index is -0.0897. The number of hydrogen-bond acceptors (Lipinski definition) is 3. The Labute approximate surface area is 127 Å². The monoisotopic (exact) mass is 302 g/mol. The summed E-state index contributed by atoms with van der Waals surface area (Å²) in [5.74, 6) is 1.02. The molecule has 3 nitrogen and oxygen atoms in total. The van der Waals surface area contributed by atoms with E-state index in [4.69, 9.17) is 9.47 Å². The summed E-state index contributed by atoms with van der Waals surface area (Å²) in [6, 6.07) is 12.9. The van der Waals surface area contributed by atoms with Gasteiger partial charge in [-0.05, 0) is 31.3 Å². The van der Waals surface area contributed by atoms with Crippen LogP contribution in [0, 0.1) is 0 Å². The van der Waals surface area contributed by atoms with Crippen LogP contribution in [0.15, 0.2) is 42.5 Å². The highest BCUT2D eigenvalue weighted by Gasteiger charge is 2.21. The molecule has 0 aliphatic rings. The summed E-state index contributed by atoms with van der Waals surface area (Å²) in [6.45, 7) is 4.78. The number of carbonyl (C=O) groups is 1. The first-order valence-electron chi connectivity index (χ1n) is 6.96. The maximum absolute atomic E-state index is 12.9. The Morgan fingerprint density at radius 2 is 1.52 bits per heavy atom. The van der Waals surface area contributed by atoms with E-state index < -0.39 is 0 Å². The lowest BCUT2D eigenvalue weighted by atomic mass is 10.0. The van der Waals surface area contributed by atoms with Gasteiger partial charge in [0.2, 0.25) is 5.78 Å². The molecule has 2 rings (SSSR count). The van der Waals surface area contributed by atoms with Crippen LogP contribution < -0.4 is 14.8 Å². The van der Waals surface area contributed by atoms with Gasteiger partial charge in [0.25, 0.3) is 0 Å². The molecule has 21 heavy (non-hydrogen) atoms. The van der Waals surface area contributed by atoms with Crippen molar-refractivity contribution in [2.75, 3.05) is 13.2 Å². The van der Waals surface area contributed by atoms with Crippen molar-refractivity contribution in [3.05, 3.63) is 53.6 Å². The van der Waals surface area contributed by atoms with E-state index in [9.17, 15) is 4.79 Å². The number of hydrogen-bond donors (Lipinski definition) is 0. The highest BCUT2D eigenvalue weighted by atomic mass is 31.0. The van der Waals surface area contributed by atoms with Crippen LogP contribution >= 0.6 is 9.24 Å². The molecule has 0 heterocycles. The summed E-state index contributed by atoms with van der Waals surface area (Å²) in [4.78, 5) is 12.9. The van der Waals surface area contributed by atoms with Crippen molar-refractivity contribution in [1.29, 1.82) is 0 Å². The van der Waals surface area contributed by atoms with Gasteiger partial charge in [-0.15, -0.1) is 9.24 Å². The van der Waals surface area contributed by atoms with Crippen LogP contribution in [0.1, 0.15) is 29.8 Å². The van der Waals surface area contributed by atoms with Gasteiger partial charge in [0, 0.05) is 5.56 Å². The summed E-state index contributed by atoms with van der Waals surface area (Å²) >= 11 is 0. The first-order chi connectivity index (χ1) is 10.2. The Morgan fingerprint density at radius 1 is 0.952 bits per heavy atom. The van der Waals surface area contributed by atoms with Crippen LogP contribution in [0.4, 0.5) is 0 Å². The number of carbonyl (C=O) groups excluding carboxylic acids is 1. The highest BCUT2D eigenvalue weighted by Crippen LogP contribution is 2.31. The third-order valence-corrected chi connectivity index (χ3v) is 3.52. The van der Waals surface area contributed by atoms with Crippen molar-refractivity contribution in [3.8, 4) is 11.5 Å². The number of rotatable bonds is 6. The van der Waals surface area contributed by atoms with Gasteiger partial charge in [-0.25, -0.2) is 0 Å². The van der Waals surface area contributed by atoms with E-state index in [1.165, 1.54) is 0 Å². The van der Waals surface area contributed by atoms with Gasteiger partial charge in [-0.2, -0.15) is 0 Å². The average Bonchev–Trinajstić information content (AvgIpc) is 2.48. The zero-order valence-electron chi connectivity index (χ0n) is 12.3. The standard InChI is InChI=1S/C17H19O3P/c1-3-19-13-9-7-10-14(20-4-2)16(13)17(18)12-8-5-6-11-15(12)21/h5-11H,3-4,21H2,1-2H3. The van der Waals surface area contributed by atoms with E-state index in [2.05, 4.69) is 9.24 Å². The van der Waals surface area contributed by atoms with Gasteiger partial charge in [-0.3, -0.25) is 4.79 Å². The molecule has 110 valence electrons. The van der Waals surface area contributed by atoms with Crippen molar-refractivity contribution < 1.29 is 14.3 Å². The molecule has 0 radical (unpaired) electrons. The van der Waals surface area contributed by atoms with E-state index >= 15 is 0 Å². The molecule has 0 amide bonds. The molecule has 0 spiro atoms. The highest BCUT2D eigenvalue weighted by molar-refractivity contribution is 7.27. The minimum Gasteiger partial charge on any atom is -0.493 e. The lowest BCUT2D eigenvalue weighted by molar-refractivity contribution is 0.103. The zero-order valence-corrected chi connectivity index (χ0v) is 13.4. The fraction of sp³-hybridized carbons (Fsp3) is 0.235. The van der Waals surface area contributed by atoms with Crippen LogP contribution in [0.3, 0.4) is 0 Å². The average molecular weight is 302 g/mol. The molecule has 1 unspecified atom stereocenters. The lowest BCUT2D eigenvalue weighted by Crippen LogP contribution is -2.14. The summed E-state index contributed by atoms with van der Waals surface area (Å²) in [7, 11) is 2.59. The SMILES string of the molecule is CCOc1cccc(OCC)c1C(=O)c1ccccc1P. The normalized spacial score (nSPS) is 10.2. The first kappa shape index (κ1) is 15.5. The van der Waals surface area contributed by atoms with Gasteiger partial charge in [0.05, 0.1) is 13.2 Å². The van der Waals surface area contributed by atoms with E-state index in [1.54, 1.807) is 12.1 Å². The number of benzene rings is 2. The Balaban J connectivity index is 2.55. The van der Waals surface area contributed by atoms with Gasteiger partial charge in [0.15, 0.2) is 0 Å². The molecule has 4 heteroatoms. The maximum atomic E-state index is 12.9. The molecule has 2 aromatic carbocycles. The molecule has 0 saturated heterocycles. The maximum Gasteiger partial charge on any atom is 0.201 e. The van der Waals surface area contributed by atoms with E-state index in [1.807, 2.05) is 44.2 Å². The molecule has 2 aromatic rings. The first-order valence-corrected chi connectivity index (χ1v) is 7.54. The molecular formula is C17H19O3P. The summed E-state index contributed by atoms with van der Waals surface area (Å²) in [6.07, 6.45) is 0. The molecule has 0 N–H and O–H groups in total. The molecule has 0 aromatic heterocycles. The van der Waals surface area contributed by atoms with E-state index in [0.717, 1.165) is 5.30 Å². The molecule has 0 bridgehead atoms. The second kappa shape index (κ2) is 7.24. The van der Waals surface area contributed by atoms with E-state index in [0.29, 0.717) is 35.8 Å². The van der Waals surface area contributed by atoms with Crippen LogP contribution in [0.5, 0.6) is 11.5 Å². The molecule has 0 fully saturated rings. The fourth-order valence-electron chi connectivity index (χ4n) is 2.12. The quantitative estimate of drug-likeness (QED) is 0.607. The Kier molecular flexibility index (Phi) is 5.35. The van der Waals surface area contributed by atoms with Gasteiger partial charge < -0.3 is 9.47 Å². The molecule has 0 aliphatic carbocycles. The number of ketones is 1. The third kappa shape index (κ3) is 3.43. The number of ether oxygens (including phenoxy) is 2. The predicted molar refractivity (Wildman–Crippen MR) is 88.0 cm³/mol. The van der Waals surface area contributed by atoms with Crippen LogP contribution in [-0.2, 0) is 0 Å². The predicted octanol–water partition coefficient (Wildman–Crippen LogP) is 3.22. The second-order valence-electron chi connectivity index (χ2n) is 4.41. The van der Waals surface area contributed by atoms with Gasteiger partial charge in [0.1, 0.15) is 17.1 Å². The van der Waals surface area contributed by atoms with Gasteiger partial charge >= 0.3 is 0 Å². The van der Waals surface area contributed by atoms with Crippen molar-refractivity contribution in [1.82, 2.24) is 0 Å². The molecular weight excluding hydrogens is 283 g/mol. The topological polar surface area (TPSA) is 35.5 Å². The minimum absolute atomic E-state index is 0.0897. The van der Waals surface area contributed by atoms with Crippen molar-refractivity contribution in [2.24, 2.45) is 0 Å². The largest absolute Gasteiger partial charge is 0.493 e. The second-order valence-corrected chi connectivity index (χ2v) is 5.03. The molecule has 0 aliphatic heterocycles. The summed E-state index contributed by atoms with van der Waals surface area (Å²) < 4.78 is 11.2. The van der Waals surface area contributed by atoms with Crippen molar-refractivity contribution in [3.63, 3.8) is 0 Å². The Morgan fingerprint density at radius 3 is 2.05 bits per heavy atom. The lowest BCUT2D eigenvalue weighted by Gasteiger charge is -2.15. The van der Waals surface area contributed by atoms with Crippen LogP contribution in [0.25, 0.3) is 0 Å². The third-order valence-electron chi connectivity index (χ3n) is 3.02. The van der Waals surface area contributed by atoms with Gasteiger partial charge in [-0.1, -0.05) is 30.3 Å².